The van der Waals surface area contributed by atoms with Gasteiger partial charge < -0.3 is 10.6 Å². The van der Waals surface area contributed by atoms with E-state index >= 15 is 0 Å². The molecule has 0 aliphatic heterocycles. The van der Waals surface area contributed by atoms with E-state index in [9.17, 15) is 4.79 Å². The Morgan fingerprint density at radius 1 is 1.33 bits per heavy atom. The quantitative estimate of drug-likeness (QED) is 0.772. The normalized spacial score (nSPS) is 10.3. The summed E-state index contributed by atoms with van der Waals surface area (Å²) >= 11 is 1.60. The molecule has 0 spiro atoms. The Bertz CT molecular complexity index is 709. The minimum atomic E-state index is -0.283. The molecular formula is C13H12N6OS. The SMILES string of the molecule is O=C(NCc1ccsc1)Nc1cnn(-c2ncccn2)c1. The van der Waals surface area contributed by atoms with Crippen molar-refractivity contribution in [3.8, 4) is 5.95 Å². The first-order valence-corrected chi connectivity index (χ1v) is 7.13. The maximum Gasteiger partial charge on any atom is 0.319 e. The number of anilines is 1. The van der Waals surface area contributed by atoms with Gasteiger partial charge in [-0.3, -0.25) is 0 Å². The summed E-state index contributed by atoms with van der Waals surface area (Å²) in [6, 6.07) is 3.41. The van der Waals surface area contributed by atoms with Crippen molar-refractivity contribution in [1.29, 1.82) is 0 Å². The third-order valence-corrected chi connectivity index (χ3v) is 3.36. The molecule has 0 unspecified atom stereocenters. The smallest absolute Gasteiger partial charge is 0.319 e. The fourth-order valence-electron chi connectivity index (χ4n) is 1.66. The van der Waals surface area contributed by atoms with Crippen molar-refractivity contribution in [2.75, 3.05) is 5.32 Å². The number of hydrogen-bond acceptors (Lipinski definition) is 5. The van der Waals surface area contributed by atoms with Crippen LogP contribution in [0, 0.1) is 0 Å². The van der Waals surface area contributed by atoms with Gasteiger partial charge in [0.05, 0.1) is 18.1 Å². The van der Waals surface area contributed by atoms with E-state index in [0.717, 1.165) is 5.56 Å². The highest BCUT2D eigenvalue weighted by Crippen LogP contribution is 2.08. The number of nitrogens with one attached hydrogen (secondary N) is 2. The molecule has 0 fully saturated rings. The van der Waals surface area contributed by atoms with Crippen molar-refractivity contribution in [1.82, 2.24) is 25.1 Å². The van der Waals surface area contributed by atoms with Crippen LogP contribution in [0.2, 0.25) is 0 Å². The predicted molar refractivity (Wildman–Crippen MR) is 79.3 cm³/mol. The number of carbonyl (C=O) groups excluding carboxylic acids is 1. The average Bonchev–Trinajstić information content (AvgIpc) is 3.17. The number of amides is 2. The van der Waals surface area contributed by atoms with Crippen LogP contribution in [-0.2, 0) is 6.54 Å². The molecule has 0 aliphatic carbocycles. The summed E-state index contributed by atoms with van der Waals surface area (Å²) in [5.41, 5.74) is 1.65. The van der Waals surface area contributed by atoms with Gasteiger partial charge in [-0.05, 0) is 28.5 Å². The maximum absolute atomic E-state index is 11.8. The summed E-state index contributed by atoms with van der Waals surface area (Å²) in [6.07, 6.45) is 6.45. The molecule has 8 heteroatoms. The molecule has 21 heavy (non-hydrogen) atoms. The number of aromatic nitrogens is 4. The van der Waals surface area contributed by atoms with E-state index in [1.165, 1.54) is 4.68 Å². The Morgan fingerprint density at radius 2 is 2.19 bits per heavy atom. The topological polar surface area (TPSA) is 84.7 Å². The Labute approximate surface area is 124 Å². The number of thiophene rings is 1. The van der Waals surface area contributed by atoms with Crippen molar-refractivity contribution in [3.63, 3.8) is 0 Å². The van der Waals surface area contributed by atoms with Gasteiger partial charge in [0.2, 0.25) is 5.95 Å². The van der Waals surface area contributed by atoms with Gasteiger partial charge in [0, 0.05) is 18.9 Å². The van der Waals surface area contributed by atoms with E-state index < -0.39 is 0 Å². The lowest BCUT2D eigenvalue weighted by Crippen LogP contribution is -2.27. The van der Waals surface area contributed by atoms with E-state index in [1.807, 2.05) is 16.8 Å². The van der Waals surface area contributed by atoms with E-state index in [4.69, 9.17) is 0 Å². The fourth-order valence-corrected chi connectivity index (χ4v) is 2.33. The molecule has 0 radical (unpaired) electrons. The maximum atomic E-state index is 11.8. The first-order chi connectivity index (χ1) is 10.3. The summed E-state index contributed by atoms with van der Waals surface area (Å²) in [5.74, 6) is 0.448. The van der Waals surface area contributed by atoms with Crippen LogP contribution in [0.15, 0.2) is 47.7 Å². The molecule has 3 aromatic rings. The Hall–Kier alpha value is -2.74. The first-order valence-electron chi connectivity index (χ1n) is 6.19. The average molecular weight is 300 g/mol. The van der Waals surface area contributed by atoms with Crippen LogP contribution in [0.5, 0.6) is 0 Å². The van der Waals surface area contributed by atoms with Gasteiger partial charge in [0.1, 0.15) is 0 Å². The summed E-state index contributed by atoms with van der Waals surface area (Å²) in [5, 5.41) is 13.5. The third-order valence-electron chi connectivity index (χ3n) is 2.63. The third kappa shape index (κ3) is 3.42. The zero-order chi connectivity index (χ0) is 14.5. The molecule has 0 aromatic carbocycles. The highest BCUT2D eigenvalue weighted by atomic mass is 32.1. The van der Waals surface area contributed by atoms with Gasteiger partial charge in [-0.25, -0.2) is 19.4 Å². The van der Waals surface area contributed by atoms with Crippen molar-refractivity contribution in [3.05, 3.63) is 53.2 Å². The van der Waals surface area contributed by atoms with Gasteiger partial charge >= 0.3 is 6.03 Å². The molecule has 3 rings (SSSR count). The number of rotatable bonds is 4. The summed E-state index contributed by atoms with van der Waals surface area (Å²) in [7, 11) is 0. The van der Waals surface area contributed by atoms with E-state index in [-0.39, 0.29) is 6.03 Å². The molecular weight excluding hydrogens is 288 g/mol. The summed E-state index contributed by atoms with van der Waals surface area (Å²) in [6.45, 7) is 0.491. The Balaban J connectivity index is 1.58. The number of nitrogens with zero attached hydrogens (tertiary/aromatic N) is 4. The number of hydrogen-bond donors (Lipinski definition) is 2. The molecule has 2 N–H and O–H groups in total. The van der Waals surface area contributed by atoms with Crippen LogP contribution in [0.4, 0.5) is 10.5 Å². The van der Waals surface area contributed by atoms with E-state index in [0.29, 0.717) is 18.2 Å². The first kappa shape index (κ1) is 13.3. The van der Waals surface area contributed by atoms with Gasteiger partial charge in [-0.2, -0.15) is 16.4 Å². The lowest BCUT2D eigenvalue weighted by Gasteiger charge is -2.04. The summed E-state index contributed by atoms with van der Waals surface area (Å²) < 4.78 is 1.49. The number of urea groups is 1. The number of carbonyl (C=O) groups is 1. The van der Waals surface area contributed by atoms with Crippen molar-refractivity contribution >= 4 is 23.1 Å². The van der Waals surface area contributed by atoms with E-state index in [1.54, 1.807) is 42.2 Å². The van der Waals surface area contributed by atoms with Crippen LogP contribution in [0.25, 0.3) is 5.95 Å². The molecule has 2 amide bonds. The zero-order valence-corrected chi connectivity index (χ0v) is 11.7. The minimum Gasteiger partial charge on any atom is -0.334 e. The van der Waals surface area contributed by atoms with Crippen molar-refractivity contribution in [2.24, 2.45) is 0 Å². The fraction of sp³-hybridized carbons (Fsp3) is 0.0769. The van der Waals surface area contributed by atoms with Gasteiger partial charge in [-0.15, -0.1) is 0 Å². The van der Waals surface area contributed by atoms with Crippen LogP contribution in [0.1, 0.15) is 5.56 Å². The largest absolute Gasteiger partial charge is 0.334 e. The van der Waals surface area contributed by atoms with Crippen LogP contribution < -0.4 is 10.6 Å². The predicted octanol–water partition coefficient (Wildman–Crippen LogP) is 2.05. The van der Waals surface area contributed by atoms with Gasteiger partial charge in [0.15, 0.2) is 0 Å². The van der Waals surface area contributed by atoms with Gasteiger partial charge in [-0.1, -0.05) is 0 Å². The molecule has 0 aliphatic rings. The molecule has 0 saturated carbocycles. The van der Waals surface area contributed by atoms with Crippen molar-refractivity contribution < 1.29 is 4.79 Å². The van der Waals surface area contributed by atoms with E-state index in [2.05, 4.69) is 25.7 Å². The Kier molecular flexibility index (Phi) is 3.88. The minimum absolute atomic E-state index is 0.283. The molecule has 0 atom stereocenters. The van der Waals surface area contributed by atoms with Crippen LogP contribution in [0.3, 0.4) is 0 Å². The molecule has 7 nitrogen and oxygen atoms in total. The van der Waals surface area contributed by atoms with Gasteiger partial charge in [0.25, 0.3) is 0 Å². The second-order valence-corrected chi connectivity index (χ2v) is 4.94. The second kappa shape index (κ2) is 6.14. The Morgan fingerprint density at radius 3 is 2.95 bits per heavy atom. The van der Waals surface area contributed by atoms with Crippen LogP contribution in [-0.4, -0.2) is 25.8 Å². The molecule has 106 valence electrons. The molecule has 3 heterocycles. The van der Waals surface area contributed by atoms with Crippen molar-refractivity contribution in [2.45, 2.75) is 6.54 Å². The lowest BCUT2D eigenvalue weighted by atomic mass is 10.3. The molecule has 3 aromatic heterocycles. The highest BCUT2D eigenvalue weighted by molar-refractivity contribution is 7.07. The molecule has 0 bridgehead atoms. The highest BCUT2D eigenvalue weighted by Gasteiger charge is 2.06. The standard InChI is InChI=1S/C13H12N6OS/c20-13(16-6-10-2-5-21-9-10)18-11-7-17-19(8-11)12-14-3-1-4-15-12/h1-5,7-9H,6H2,(H2,16,18,20). The zero-order valence-electron chi connectivity index (χ0n) is 10.9. The summed E-state index contributed by atoms with van der Waals surface area (Å²) in [4.78, 5) is 19.9. The van der Waals surface area contributed by atoms with Crippen LogP contribution >= 0.6 is 11.3 Å². The molecule has 0 saturated heterocycles. The second-order valence-electron chi connectivity index (χ2n) is 4.16. The lowest BCUT2D eigenvalue weighted by molar-refractivity contribution is 0.252. The monoisotopic (exact) mass is 300 g/mol.